The fourth-order valence-electron chi connectivity index (χ4n) is 2.12. The number of benzene rings is 2. The number of halogens is 3. The Morgan fingerprint density at radius 3 is 2.53 bits per heavy atom. The van der Waals surface area contributed by atoms with Crippen molar-refractivity contribution in [2.24, 2.45) is 0 Å². The Bertz CT molecular complexity index is 593. The van der Waals surface area contributed by atoms with Gasteiger partial charge in [-0.05, 0) is 60.7 Å². The summed E-state index contributed by atoms with van der Waals surface area (Å²) in [5.41, 5.74) is 5.13. The molecule has 1 unspecified atom stereocenters. The van der Waals surface area contributed by atoms with Gasteiger partial charge in [-0.2, -0.15) is 0 Å². The maximum atomic E-state index is 6.03. The Hall–Kier alpha value is -0.310. The molecule has 0 heterocycles. The largest absolute Gasteiger partial charge is 0.0843 e. The molecule has 3 heteroatoms. The molecule has 0 saturated heterocycles. The highest BCUT2D eigenvalue weighted by Gasteiger charge is 2.13. The van der Waals surface area contributed by atoms with Gasteiger partial charge in [-0.15, -0.1) is 0 Å². The Kier molecular flexibility index (Phi) is 5.10. The van der Waals surface area contributed by atoms with Crippen LogP contribution in [0.25, 0.3) is 0 Å². The molecule has 2 rings (SSSR count). The predicted molar refractivity (Wildman–Crippen MR) is 90.4 cm³/mol. The van der Waals surface area contributed by atoms with Crippen molar-refractivity contribution in [1.29, 1.82) is 0 Å². The first kappa shape index (κ1) is 15.1. The SMILES string of the molecule is Cc1cc(C(Br)Cc2cccc(Cl)c2)c(C)cc1Br. The van der Waals surface area contributed by atoms with Gasteiger partial charge in [0, 0.05) is 14.3 Å². The molecular weight excluding hydrogens is 387 g/mol. The number of rotatable bonds is 3. The van der Waals surface area contributed by atoms with E-state index in [1.54, 1.807) is 0 Å². The summed E-state index contributed by atoms with van der Waals surface area (Å²) in [5.74, 6) is 0. The summed E-state index contributed by atoms with van der Waals surface area (Å²) in [6.45, 7) is 4.26. The van der Waals surface area contributed by atoms with Gasteiger partial charge >= 0.3 is 0 Å². The van der Waals surface area contributed by atoms with Crippen LogP contribution in [0.2, 0.25) is 5.02 Å². The third-order valence-corrected chi connectivity index (χ3v) is 5.10. The van der Waals surface area contributed by atoms with E-state index in [9.17, 15) is 0 Å². The minimum atomic E-state index is 0.303. The lowest BCUT2D eigenvalue weighted by atomic mass is 9.98. The van der Waals surface area contributed by atoms with Crippen LogP contribution >= 0.6 is 43.5 Å². The van der Waals surface area contributed by atoms with Gasteiger partial charge in [0.15, 0.2) is 0 Å². The molecule has 0 spiro atoms. The standard InChI is InChI=1S/C16H15Br2Cl/c1-10-7-15(17)11(2)6-14(10)16(18)9-12-4-3-5-13(19)8-12/h3-8,16H,9H2,1-2H3. The second kappa shape index (κ2) is 6.43. The lowest BCUT2D eigenvalue weighted by molar-refractivity contribution is 0.935. The molecule has 0 aliphatic rings. The summed E-state index contributed by atoms with van der Waals surface area (Å²) in [6.07, 6.45) is 0.933. The normalized spacial score (nSPS) is 12.5. The summed E-state index contributed by atoms with van der Waals surface area (Å²) in [6, 6.07) is 12.5. The van der Waals surface area contributed by atoms with Crippen molar-refractivity contribution in [1.82, 2.24) is 0 Å². The molecule has 1 atom stereocenters. The van der Waals surface area contributed by atoms with Gasteiger partial charge in [-0.3, -0.25) is 0 Å². The Morgan fingerprint density at radius 1 is 1.11 bits per heavy atom. The molecule has 100 valence electrons. The number of alkyl halides is 1. The molecule has 0 radical (unpaired) electrons. The molecule has 0 fully saturated rings. The van der Waals surface area contributed by atoms with Gasteiger partial charge in [0.25, 0.3) is 0 Å². The van der Waals surface area contributed by atoms with Gasteiger partial charge in [0.05, 0.1) is 0 Å². The lowest BCUT2D eigenvalue weighted by Gasteiger charge is -2.15. The third-order valence-electron chi connectivity index (χ3n) is 3.19. The Labute approximate surface area is 136 Å². The molecule has 0 saturated carbocycles. The summed E-state index contributed by atoms with van der Waals surface area (Å²) < 4.78 is 1.16. The molecule has 0 bridgehead atoms. The van der Waals surface area contributed by atoms with Crippen LogP contribution in [-0.4, -0.2) is 0 Å². The zero-order chi connectivity index (χ0) is 14.0. The van der Waals surface area contributed by atoms with Crippen LogP contribution in [-0.2, 0) is 6.42 Å². The van der Waals surface area contributed by atoms with Crippen molar-refractivity contribution < 1.29 is 0 Å². The number of aryl methyl sites for hydroxylation is 2. The van der Waals surface area contributed by atoms with Gasteiger partial charge < -0.3 is 0 Å². The Morgan fingerprint density at radius 2 is 1.84 bits per heavy atom. The average molecular weight is 403 g/mol. The molecule has 19 heavy (non-hydrogen) atoms. The van der Waals surface area contributed by atoms with Gasteiger partial charge in [0.1, 0.15) is 0 Å². The van der Waals surface area contributed by atoms with Crippen LogP contribution in [0.4, 0.5) is 0 Å². The van der Waals surface area contributed by atoms with E-state index in [0.717, 1.165) is 15.9 Å². The van der Waals surface area contributed by atoms with Crippen LogP contribution in [0, 0.1) is 13.8 Å². The minimum absolute atomic E-state index is 0.303. The van der Waals surface area contributed by atoms with Crippen LogP contribution in [0.1, 0.15) is 27.1 Å². The average Bonchev–Trinajstić information content (AvgIpc) is 2.33. The van der Waals surface area contributed by atoms with Crippen molar-refractivity contribution in [3.63, 3.8) is 0 Å². The van der Waals surface area contributed by atoms with E-state index in [1.165, 1.54) is 22.3 Å². The van der Waals surface area contributed by atoms with Crippen LogP contribution < -0.4 is 0 Å². The maximum absolute atomic E-state index is 6.03. The van der Waals surface area contributed by atoms with Crippen LogP contribution in [0.15, 0.2) is 40.9 Å². The van der Waals surface area contributed by atoms with E-state index in [2.05, 4.69) is 63.9 Å². The van der Waals surface area contributed by atoms with Crippen molar-refractivity contribution in [2.75, 3.05) is 0 Å². The van der Waals surface area contributed by atoms with Crippen molar-refractivity contribution in [3.05, 3.63) is 68.1 Å². The van der Waals surface area contributed by atoms with Crippen molar-refractivity contribution in [3.8, 4) is 0 Å². The predicted octanol–water partition coefficient (Wildman–Crippen LogP) is 6.40. The highest BCUT2D eigenvalue weighted by molar-refractivity contribution is 9.10. The maximum Gasteiger partial charge on any atom is 0.0438 e. The summed E-state index contributed by atoms with van der Waals surface area (Å²) in [7, 11) is 0. The third kappa shape index (κ3) is 3.84. The van der Waals surface area contributed by atoms with Crippen LogP contribution in [0.5, 0.6) is 0 Å². The van der Waals surface area contributed by atoms with E-state index in [0.29, 0.717) is 4.83 Å². The van der Waals surface area contributed by atoms with Crippen molar-refractivity contribution >= 4 is 43.5 Å². The summed E-state index contributed by atoms with van der Waals surface area (Å²) in [4.78, 5) is 0.303. The monoisotopic (exact) mass is 400 g/mol. The van der Waals surface area contributed by atoms with E-state index in [-0.39, 0.29) is 0 Å². The number of hydrogen-bond donors (Lipinski definition) is 0. The molecule has 0 amide bonds. The molecule has 0 nitrogen and oxygen atoms in total. The Balaban J connectivity index is 2.25. The van der Waals surface area contributed by atoms with Gasteiger partial charge in [-0.25, -0.2) is 0 Å². The van der Waals surface area contributed by atoms with E-state index in [1.807, 2.05) is 18.2 Å². The fourth-order valence-corrected chi connectivity index (χ4v) is 3.66. The first-order valence-electron chi connectivity index (χ1n) is 6.12. The molecule has 0 aromatic heterocycles. The van der Waals surface area contributed by atoms with E-state index in [4.69, 9.17) is 11.6 Å². The quantitative estimate of drug-likeness (QED) is 0.521. The molecule has 2 aromatic rings. The first-order valence-corrected chi connectivity index (χ1v) is 8.21. The topological polar surface area (TPSA) is 0 Å². The second-order valence-corrected chi connectivity index (χ2v) is 7.16. The minimum Gasteiger partial charge on any atom is -0.0843 e. The molecule has 0 aliphatic carbocycles. The second-order valence-electron chi connectivity index (χ2n) is 4.76. The molecule has 0 N–H and O–H groups in total. The van der Waals surface area contributed by atoms with E-state index < -0.39 is 0 Å². The lowest BCUT2D eigenvalue weighted by Crippen LogP contribution is -1.99. The first-order chi connectivity index (χ1) is 8.97. The van der Waals surface area contributed by atoms with Crippen molar-refractivity contribution in [2.45, 2.75) is 25.1 Å². The highest BCUT2D eigenvalue weighted by Crippen LogP contribution is 2.33. The zero-order valence-electron chi connectivity index (χ0n) is 10.9. The molecule has 2 aromatic carbocycles. The van der Waals surface area contributed by atoms with Crippen LogP contribution in [0.3, 0.4) is 0 Å². The molecular formula is C16H15Br2Cl. The smallest absolute Gasteiger partial charge is 0.0438 e. The molecule has 0 aliphatic heterocycles. The highest BCUT2D eigenvalue weighted by atomic mass is 79.9. The van der Waals surface area contributed by atoms with E-state index >= 15 is 0 Å². The summed E-state index contributed by atoms with van der Waals surface area (Å²) in [5, 5.41) is 0.793. The zero-order valence-corrected chi connectivity index (χ0v) is 14.8. The van der Waals surface area contributed by atoms with Gasteiger partial charge in [0.2, 0.25) is 0 Å². The number of hydrogen-bond acceptors (Lipinski definition) is 0. The van der Waals surface area contributed by atoms with Gasteiger partial charge in [-0.1, -0.05) is 61.7 Å². The summed E-state index contributed by atoms with van der Waals surface area (Å²) >= 11 is 13.4. The fraction of sp³-hybridized carbons (Fsp3) is 0.250.